The minimum absolute atomic E-state index is 0.189. The Morgan fingerprint density at radius 1 is 1.10 bits per heavy atom. The number of nitrogens with one attached hydrogen (secondary N) is 1. The molecule has 1 unspecified atom stereocenters. The summed E-state index contributed by atoms with van der Waals surface area (Å²) in [6, 6.07) is 8.07. The van der Waals surface area contributed by atoms with Gasteiger partial charge in [0.15, 0.2) is 0 Å². The quantitative estimate of drug-likeness (QED) is 0.825. The second-order valence-electron chi connectivity index (χ2n) is 7.65. The van der Waals surface area contributed by atoms with E-state index in [4.69, 9.17) is 4.74 Å². The predicted octanol–water partition coefficient (Wildman–Crippen LogP) is 3.42. The Balaban J connectivity index is 1.68. The maximum Gasteiger partial charge on any atom is 0.322 e. The standard InChI is InChI=1S/C22H30N4O3/c1-14-10-15(2)12-18(11-14)25-6-8-26(9-7-25)22(28)24-20-13-19(17(4)27)16(3)23-21(20)29-5/h10-13,17,27H,6-9H2,1-5H3,(H,24,28). The molecule has 2 amide bonds. The largest absolute Gasteiger partial charge is 0.480 e. The van der Waals surface area contributed by atoms with Gasteiger partial charge in [-0.2, -0.15) is 0 Å². The van der Waals surface area contributed by atoms with Crippen LogP contribution in [0.15, 0.2) is 24.3 Å². The number of carbonyl (C=O) groups is 1. The first-order chi connectivity index (χ1) is 13.8. The van der Waals surface area contributed by atoms with Crippen molar-refractivity contribution in [2.45, 2.75) is 33.8 Å². The van der Waals surface area contributed by atoms with E-state index in [0.29, 0.717) is 35.9 Å². The highest BCUT2D eigenvalue weighted by Crippen LogP contribution is 2.28. The van der Waals surface area contributed by atoms with Crippen molar-refractivity contribution in [3.05, 3.63) is 46.6 Å². The molecular formula is C22H30N4O3. The average Bonchev–Trinajstić information content (AvgIpc) is 2.68. The fraction of sp³-hybridized carbons (Fsp3) is 0.455. The molecule has 2 N–H and O–H groups in total. The number of hydrogen-bond donors (Lipinski definition) is 2. The van der Waals surface area contributed by atoms with Gasteiger partial charge in [0.05, 0.1) is 13.2 Å². The summed E-state index contributed by atoms with van der Waals surface area (Å²) in [5.74, 6) is 0.342. The molecule has 0 radical (unpaired) electrons. The average molecular weight is 399 g/mol. The van der Waals surface area contributed by atoms with Crippen molar-refractivity contribution < 1.29 is 14.6 Å². The fourth-order valence-electron chi connectivity index (χ4n) is 3.76. The number of aromatic nitrogens is 1. The Morgan fingerprint density at radius 2 is 1.72 bits per heavy atom. The van der Waals surface area contributed by atoms with E-state index in [1.165, 1.54) is 23.9 Å². The maximum absolute atomic E-state index is 12.8. The molecule has 0 saturated carbocycles. The number of methoxy groups -OCH3 is 1. The Morgan fingerprint density at radius 3 is 2.28 bits per heavy atom. The van der Waals surface area contributed by atoms with Crippen LogP contribution in [0.2, 0.25) is 0 Å². The minimum Gasteiger partial charge on any atom is -0.480 e. The lowest BCUT2D eigenvalue weighted by atomic mass is 10.1. The molecule has 1 aromatic carbocycles. The zero-order chi connectivity index (χ0) is 21.1. The highest BCUT2D eigenvalue weighted by atomic mass is 16.5. The summed E-state index contributed by atoms with van der Waals surface area (Å²) in [5.41, 5.74) is 5.50. The number of carbonyl (C=O) groups excluding carboxylic acids is 1. The SMILES string of the molecule is COc1nc(C)c(C(C)O)cc1NC(=O)N1CCN(c2cc(C)cc(C)c2)CC1. The summed E-state index contributed by atoms with van der Waals surface area (Å²) >= 11 is 0. The third-order valence-corrected chi connectivity index (χ3v) is 5.24. The molecule has 1 aromatic heterocycles. The Kier molecular flexibility index (Phi) is 6.27. The molecule has 7 heteroatoms. The number of pyridine rings is 1. The fourth-order valence-corrected chi connectivity index (χ4v) is 3.76. The summed E-state index contributed by atoms with van der Waals surface area (Å²) in [6.45, 7) is 10.5. The molecule has 156 valence electrons. The Hall–Kier alpha value is -2.80. The number of ether oxygens (including phenoxy) is 1. The summed E-state index contributed by atoms with van der Waals surface area (Å²) in [5, 5.41) is 12.8. The van der Waals surface area contributed by atoms with Gasteiger partial charge in [-0.15, -0.1) is 0 Å². The van der Waals surface area contributed by atoms with Crippen molar-refractivity contribution in [2.24, 2.45) is 0 Å². The van der Waals surface area contributed by atoms with E-state index in [-0.39, 0.29) is 6.03 Å². The maximum atomic E-state index is 12.8. The number of nitrogens with zero attached hydrogens (tertiary/aromatic N) is 3. The second-order valence-corrected chi connectivity index (χ2v) is 7.65. The Bertz CT molecular complexity index is 870. The summed E-state index contributed by atoms with van der Waals surface area (Å²) in [7, 11) is 1.52. The number of anilines is 2. The number of amides is 2. The molecule has 7 nitrogen and oxygen atoms in total. The van der Waals surface area contributed by atoms with Crippen molar-refractivity contribution in [1.29, 1.82) is 0 Å². The highest BCUT2D eigenvalue weighted by Gasteiger charge is 2.23. The molecule has 1 aliphatic heterocycles. The van der Waals surface area contributed by atoms with Gasteiger partial charge in [-0.3, -0.25) is 0 Å². The van der Waals surface area contributed by atoms with Gasteiger partial charge in [-0.1, -0.05) is 6.07 Å². The number of hydrogen-bond acceptors (Lipinski definition) is 5. The Labute approximate surface area is 172 Å². The molecule has 0 spiro atoms. The van der Waals surface area contributed by atoms with Crippen LogP contribution in [-0.4, -0.2) is 54.3 Å². The van der Waals surface area contributed by atoms with Crippen LogP contribution >= 0.6 is 0 Å². The van der Waals surface area contributed by atoms with Crippen LogP contribution in [0.1, 0.15) is 35.4 Å². The zero-order valence-corrected chi connectivity index (χ0v) is 17.8. The van der Waals surface area contributed by atoms with E-state index in [1.807, 2.05) is 6.92 Å². The molecule has 2 heterocycles. The topological polar surface area (TPSA) is 77.9 Å². The zero-order valence-electron chi connectivity index (χ0n) is 17.8. The number of urea groups is 1. The number of aliphatic hydroxyl groups is 1. The molecule has 1 saturated heterocycles. The third-order valence-electron chi connectivity index (χ3n) is 5.24. The van der Waals surface area contributed by atoms with E-state index < -0.39 is 6.10 Å². The smallest absolute Gasteiger partial charge is 0.322 e. The van der Waals surface area contributed by atoms with Crippen molar-refractivity contribution in [3.63, 3.8) is 0 Å². The van der Waals surface area contributed by atoms with E-state index in [9.17, 15) is 9.90 Å². The first-order valence-electron chi connectivity index (χ1n) is 9.91. The predicted molar refractivity (Wildman–Crippen MR) is 115 cm³/mol. The van der Waals surface area contributed by atoms with Gasteiger partial charge < -0.3 is 25.0 Å². The number of piperazine rings is 1. The number of aliphatic hydroxyl groups excluding tert-OH is 1. The molecule has 1 aliphatic rings. The van der Waals surface area contributed by atoms with Gasteiger partial charge >= 0.3 is 6.03 Å². The van der Waals surface area contributed by atoms with E-state index in [1.54, 1.807) is 17.9 Å². The monoisotopic (exact) mass is 398 g/mol. The van der Waals surface area contributed by atoms with E-state index in [0.717, 1.165) is 13.1 Å². The van der Waals surface area contributed by atoms with Crippen molar-refractivity contribution >= 4 is 17.4 Å². The van der Waals surface area contributed by atoms with Gasteiger partial charge in [0, 0.05) is 43.1 Å². The van der Waals surface area contributed by atoms with Crippen LogP contribution in [-0.2, 0) is 0 Å². The molecule has 29 heavy (non-hydrogen) atoms. The van der Waals surface area contributed by atoms with Gasteiger partial charge in [-0.05, 0) is 57.0 Å². The minimum atomic E-state index is -0.676. The lowest BCUT2D eigenvalue weighted by molar-refractivity contribution is 0.197. The van der Waals surface area contributed by atoms with Crippen molar-refractivity contribution in [1.82, 2.24) is 9.88 Å². The first kappa shape index (κ1) is 20.9. The molecule has 0 bridgehead atoms. The summed E-state index contributed by atoms with van der Waals surface area (Å²) < 4.78 is 5.31. The molecule has 1 fully saturated rings. The number of rotatable bonds is 4. The molecule has 1 atom stereocenters. The van der Waals surface area contributed by atoms with E-state index >= 15 is 0 Å². The van der Waals surface area contributed by atoms with Crippen molar-refractivity contribution in [3.8, 4) is 5.88 Å². The van der Waals surface area contributed by atoms with Crippen LogP contribution in [0, 0.1) is 20.8 Å². The van der Waals surface area contributed by atoms with Gasteiger partial charge in [0.2, 0.25) is 5.88 Å². The van der Waals surface area contributed by atoms with E-state index in [2.05, 4.69) is 47.2 Å². The van der Waals surface area contributed by atoms with Crippen LogP contribution in [0.3, 0.4) is 0 Å². The summed E-state index contributed by atoms with van der Waals surface area (Å²) in [4.78, 5) is 21.3. The molecule has 0 aliphatic carbocycles. The van der Waals surface area contributed by atoms with Gasteiger partial charge in [0.25, 0.3) is 0 Å². The lowest BCUT2D eigenvalue weighted by Crippen LogP contribution is -2.50. The normalized spacial score (nSPS) is 15.2. The van der Waals surface area contributed by atoms with Crippen LogP contribution in [0.5, 0.6) is 5.88 Å². The highest BCUT2D eigenvalue weighted by molar-refractivity contribution is 5.91. The number of benzene rings is 1. The third kappa shape index (κ3) is 4.79. The van der Waals surface area contributed by atoms with Crippen LogP contribution in [0.4, 0.5) is 16.2 Å². The van der Waals surface area contributed by atoms with Crippen LogP contribution < -0.4 is 15.0 Å². The van der Waals surface area contributed by atoms with Gasteiger partial charge in [-0.25, -0.2) is 9.78 Å². The molecular weight excluding hydrogens is 368 g/mol. The van der Waals surface area contributed by atoms with Gasteiger partial charge in [0.1, 0.15) is 5.69 Å². The lowest BCUT2D eigenvalue weighted by Gasteiger charge is -2.36. The first-order valence-corrected chi connectivity index (χ1v) is 9.91. The number of aryl methyl sites for hydroxylation is 3. The van der Waals surface area contributed by atoms with Crippen molar-refractivity contribution in [2.75, 3.05) is 43.5 Å². The molecule has 3 rings (SSSR count). The summed E-state index contributed by atoms with van der Waals surface area (Å²) in [6.07, 6.45) is -0.676. The van der Waals surface area contributed by atoms with Crippen LogP contribution in [0.25, 0.3) is 0 Å². The second kappa shape index (κ2) is 8.69. The molecule has 2 aromatic rings.